The molecular weight excluding hydrogens is 284 g/mol. The van der Waals surface area contributed by atoms with Crippen molar-refractivity contribution in [3.8, 4) is 0 Å². The molecule has 2 N–H and O–H groups in total. The fraction of sp³-hybridized carbons (Fsp3) is 0.625. The van der Waals surface area contributed by atoms with Crippen molar-refractivity contribution < 1.29 is 8.42 Å². The van der Waals surface area contributed by atoms with E-state index in [-0.39, 0.29) is 11.8 Å². The maximum absolute atomic E-state index is 12.3. The number of rotatable bonds is 6. The zero-order valence-corrected chi connectivity index (χ0v) is 13.9. The molecule has 118 valence electrons. The van der Waals surface area contributed by atoms with Gasteiger partial charge in [0.15, 0.2) is 0 Å². The Labute approximate surface area is 128 Å². The summed E-state index contributed by atoms with van der Waals surface area (Å²) in [7, 11) is -1.37. The van der Waals surface area contributed by atoms with Gasteiger partial charge in [-0.1, -0.05) is 38.1 Å². The lowest BCUT2D eigenvalue weighted by molar-refractivity contribution is 0.402. The van der Waals surface area contributed by atoms with E-state index >= 15 is 0 Å². The molecule has 1 aliphatic rings. The van der Waals surface area contributed by atoms with Crippen LogP contribution in [0.1, 0.15) is 37.8 Å². The lowest BCUT2D eigenvalue weighted by Gasteiger charge is -2.19. The average Bonchev–Trinajstić information content (AvgIpc) is 2.72. The lowest BCUT2D eigenvalue weighted by atomic mass is 9.98. The zero-order valence-electron chi connectivity index (χ0n) is 13.1. The molecule has 0 bridgehead atoms. The van der Waals surface area contributed by atoms with Crippen molar-refractivity contribution in [3.63, 3.8) is 0 Å². The van der Waals surface area contributed by atoms with Crippen LogP contribution >= 0.6 is 0 Å². The molecule has 0 amide bonds. The van der Waals surface area contributed by atoms with Crippen molar-refractivity contribution in [1.29, 1.82) is 0 Å². The van der Waals surface area contributed by atoms with Gasteiger partial charge in [0.25, 0.3) is 0 Å². The van der Waals surface area contributed by atoms with Gasteiger partial charge in [-0.25, -0.2) is 13.1 Å². The van der Waals surface area contributed by atoms with E-state index in [1.165, 1.54) is 0 Å². The van der Waals surface area contributed by atoms with Crippen molar-refractivity contribution in [1.82, 2.24) is 10.0 Å². The van der Waals surface area contributed by atoms with E-state index in [9.17, 15) is 8.42 Å². The van der Waals surface area contributed by atoms with Gasteiger partial charge in [-0.3, -0.25) is 0 Å². The van der Waals surface area contributed by atoms with Gasteiger partial charge in [-0.2, -0.15) is 0 Å². The molecule has 3 atom stereocenters. The molecule has 21 heavy (non-hydrogen) atoms. The third-order valence-electron chi connectivity index (χ3n) is 4.56. The Morgan fingerprint density at radius 3 is 2.24 bits per heavy atom. The van der Waals surface area contributed by atoms with Crippen LogP contribution in [0.25, 0.3) is 0 Å². The summed E-state index contributed by atoms with van der Waals surface area (Å²) < 4.78 is 27.5. The first kappa shape index (κ1) is 16.5. The minimum Gasteiger partial charge on any atom is -0.316 e. The summed E-state index contributed by atoms with van der Waals surface area (Å²) >= 11 is 0. The van der Waals surface area contributed by atoms with Crippen molar-refractivity contribution in [2.24, 2.45) is 11.8 Å². The molecule has 4 nitrogen and oxygen atoms in total. The molecule has 0 aliphatic heterocycles. The number of hydrogen-bond acceptors (Lipinski definition) is 3. The molecule has 5 heteroatoms. The molecular formula is C16H26N2O2S. The van der Waals surface area contributed by atoms with Gasteiger partial charge in [-0.05, 0) is 42.9 Å². The Morgan fingerprint density at radius 2 is 1.71 bits per heavy atom. The molecule has 1 fully saturated rings. The zero-order chi connectivity index (χ0) is 15.5. The van der Waals surface area contributed by atoms with Crippen LogP contribution in [0.3, 0.4) is 0 Å². The third kappa shape index (κ3) is 4.53. The first-order valence-corrected chi connectivity index (χ1v) is 9.29. The van der Waals surface area contributed by atoms with Gasteiger partial charge in [0.1, 0.15) is 0 Å². The van der Waals surface area contributed by atoms with Crippen LogP contribution < -0.4 is 10.0 Å². The second-order valence-electron chi connectivity index (χ2n) is 6.24. The van der Waals surface area contributed by atoms with Crippen LogP contribution in [-0.2, 0) is 22.3 Å². The third-order valence-corrected chi connectivity index (χ3v) is 5.93. The van der Waals surface area contributed by atoms with Gasteiger partial charge in [0.2, 0.25) is 10.0 Å². The minimum absolute atomic E-state index is 0.0600. The predicted molar refractivity (Wildman–Crippen MR) is 86.3 cm³/mol. The SMILES string of the molecule is CNCc1ccc(CS(=O)(=O)NC2CCC(C)C2C)cc1. The average molecular weight is 310 g/mol. The van der Waals surface area contributed by atoms with Gasteiger partial charge in [0, 0.05) is 12.6 Å². The van der Waals surface area contributed by atoms with E-state index in [4.69, 9.17) is 0 Å². The Bertz CT molecular complexity index is 554. The normalized spacial score (nSPS) is 26.1. The van der Waals surface area contributed by atoms with Gasteiger partial charge in [0.05, 0.1) is 5.75 Å². The van der Waals surface area contributed by atoms with Gasteiger partial charge >= 0.3 is 0 Å². The smallest absolute Gasteiger partial charge is 0.216 e. The number of hydrogen-bond donors (Lipinski definition) is 2. The molecule has 0 heterocycles. The summed E-state index contributed by atoms with van der Waals surface area (Å²) in [5, 5.41) is 3.08. The van der Waals surface area contributed by atoms with Crippen molar-refractivity contribution in [2.45, 2.75) is 45.0 Å². The highest BCUT2D eigenvalue weighted by atomic mass is 32.2. The van der Waals surface area contributed by atoms with E-state index in [1.807, 2.05) is 31.3 Å². The maximum atomic E-state index is 12.3. The van der Waals surface area contributed by atoms with E-state index in [0.29, 0.717) is 11.8 Å². The van der Waals surface area contributed by atoms with Crippen LogP contribution in [0.15, 0.2) is 24.3 Å². The highest BCUT2D eigenvalue weighted by Gasteiger charge is 2.32. The fourth-order valence-electron chi connectivity index (χ4n) is 2.98. The maximum Gasteiger partial charge on any atom is 0.216 e. The molecule has 0 radical (unpaired) electrons. The fourth-order valence-corrected chi connectivity index (χ4v) is 4.49. The first-order chi connectivity index (χ1) is 9.91. The van der Waals surface area contributed by atoms with Gasteiger partial charge in [-0.15, -0.1) is 0 Å². The molecule has 1 aromatic carbocycles. The Morgan fingerprint density at radius 1 is 1.10 bits per heavy atom. The summed E-state index contributed by atoms with van der Waals surface area (Å²) in [4.78, 5) is 0. The van der Waals surface area contributed by atoms with Gasteiger partial charge < -0.3 is 5.32 Å². The molecule has 0 aromatic heterocycles. The summed E-state index contributed by atoms with van der Waals surface area (Å²) in [5.74, 6) is 1.07. The summed E-state index contributed by atoms with van der Waals surface area (Å²) in [6.45, 7) is 5.12. The number of nitrogens with one attached hydrogen (secondary N) is 2. The highest BCUT2D eigenvalue weighted by molar-refractivity contribution is 7.88. The van der Waals surface area contributed by atoms with E-state index in [2.05, 4.69) is 23.9 Å². The second kappa shape index (κ2) is 6.90. The minimum atomic E-state index is -3.27. The van der Waals surface area contributed by atoms with Crippen LogP contribution in [-0.4, -0.2) is 21.5 Å². The molecule has 2 rings (SSSR count). The molecule has 0 saturated heterocycles. The molecule has 1 saturated carbocycles. The summed E-state index contributed by atoms with van der Waals surface area (Å²) in [6, 6.07) is 7.83. The second-order valence-corrected chi connectivity index (χ2v) is 8.00. The molecule has 1 aliphatic carbocycles. The Balaban J connectivity index is 1.97. The van der Waals surface area contributed by atoms with Crippen molar-refractivity contribution >= 4 is 10.0 Å². The largest absolute Gasteiger partial charge is 0.316 e. The Hall–Kier alpha value is -0.910. The van der Waals surface area contributed by atoms with Crippen LogP contribution in [0.2, 0.25) is 0 Å². The van der Waals surface area contributed by atoms with Crippen LogP contribution in [0.5, 0.6) is 0 Å². The first-order valence-electron chi connectivity index (χ1n) is 7.63. The summed E-state index contributed by atoms with van der Waals surface area (Å²) in [6.07, 6.45) is 2.05. The van der Waals surface area contributed by atoms with E-state index < -0.39 is 10.0 Å². The lowest BCUT2D eigenvalue weighted by Crippen LogP contribution is -2.38. The Kier molecular flexibility index (Phi) is 5.41. The number of sulfonamides is 1. The monoisotopic (exact) mass is 310 g/mol. The predicted octanol–water partition coefficient (Wildman–Crippen LogP) is 2.26. The quantitative estimate of drug-likeness (QED) is 0.847. The summed E-state index contributed by atoms with van der Waals surface area (Å²) in [5.41, 5.74) is 1.99. The molecule has 3 unspecified atom stereocenters. The topological polar surface area (TPSA) is 58.2 Å². The van der Waals surface area contributed by atoms with Crippen LogP contribution in [0, 0.1) is 11.8 Å². The van der Waals surface area contributed by atoms with E-state index in [0.717, 1.165) is 30.5 Å². The van der Waals surface area contributed by atoms with Crippen molar-refractivity contribution in [2.75, 3.05) is 7.05 Å². The number of benzene rings is 1. The highest BCUT2D eigenvalue weighted by Crippen LogP contribution is 2.31. The standard InChI is InChI=1S/C16H26N2O2S/c1-12-4-9-16(13(12)2)18-21(19,20)11-15-7-5-14(6-8-15)10-17-3/h5-8,12-13,16-18H,4,9-11H2,1-3H3. The molecule has 1 aromatic rings. The van der Waals surface area contributed by atoms with E-state index in [1.54, 1.807) is 0 Å². The molecule has 0 spiro atoms. The van der Waals surface area contributed by atoms with Crippen LogP contribution in [0.4, 0.5) is 0 Å². The van der Waals surface area contributed by atoms with Crippen molar-refractivity contribution in [3.05, 3.63) is 35.4 Å².